The van der Waals surface area contributed by atoms with Crippen molar-refractivity contribution in [1.29, 1.82) is 0 Å². The smallest absolute Gasteiger partial charge is 0.161 e. The molecule has 2 aromatic rings. The number of pyridine rings is 1. The Labute approximate surface area is 142 Å². The number of aryl methyl sites for hydroxylation is 1. The lowest BCUT2D eigenvalue weighted by Crippen LogP contribution is -2.47. The van der Waals surface area contributed by atoms with Crippen LogP contribution in [0.5, 0.6) is 0 Å². The molecule has 0 amide bonds. The number of anilines is 1. The third-order valence-electron chi connectivity index (χ3n) is 4.20. The lowest BCUT2D eigenvalue weighted by atomic mass is 10.1. The minimum Gasteiger partial charge on any atom is -0.393 e. The molecule has 3 rings (SSSR count). The highest BCUT2D eigenvalue weighted by Crippen LogP contribution is 2.24. The first-order valence-electron chi connectivity index (χ1n) is 8.48. The van der Waals surface area contributed by atoms with Gasteiger partial charge in [0, 0.05) is 36.3 Å². The second-order valence-corrected chi connectivity index (χ2v) is 6.14. The van der Waals surface area contributed by atoms with Crippen LogP contribution in [-0.2, 0) is 11.2 Å². The Morgan fingerprint density at radius 3 is 2.83 bits per heavy atom. The SMILES string of the molecule is CCc1cc(N2CCOCC2CC(C)O)nc(-c2ccncc2)n1. The number of aromatic nitrogens is 3. The van der Waals surface area contributed by atoms with Gasteiger partial charge < -0.3 is 14.7 Å². The van der Waals surface area contributed by atoms with Gasteiger partial charge in [0.05, 0.1) is 25.4 Å². The van der Waals surface area contributed by atoms with Crippen molar-refractivity contribution in [2.45, 2.75) is 38.8 Å². The average Bonchev–Trinajstić information content (AvgIpc) is 2.62. The Morgan fingerprint density at radius 1 is 1.33 bits per heavy atom. The fraction of sp³-hybridized carbons (Fsp3) is 0.500. The molecule has 0 radical (unpaired) electrons. The van der Waals surface area contributed by atoms with E-state index < -0.39 is 0 Å². The lowest BCUT2D eigenvalue weighted by Gasteiger charge is -2.37. The van der Waals surface area contributed by atoms with E-state index >= 15 is 0 Å². The molecule has 2 unspecified atom stereocenters. The third-order valence-corrected chi connectivity index (χ3v) is 4.20. The zero-order chi connectivity index (χ0) is 16.9. The number of hydrogen-bond donors (Lipinski definition) is 1. The summed E-state index contributed by atoms with van der Waals surface area (Å²) in [7, 11) is 0. The van der Waals surface area contributed by atoms with Gasteiger partial charge in [-0.15, -0.1) is 0 Å². The molecule has 6 nitrogen and oxygen atoms in total. The van der Waals surface area contributed by atoms with Crippen LogP contribution in [0.2, 0.25) is 0 Å². The van der Waals surface area contributed by atoms with E-state index in [1.807, 2.05) is 25.1 Å². The van der Waals surface area contributed by atoms with E-state index in [0.717, 1.165) is 30.0 Å². The Hall–Kier alpha value is -2.05. The van der Waals surface area contributed by atoms with Gasteiger partial charge >= 0.3 is 0 Å². The fourth-order valence-electron chi connectivity index (χ4n) is 2.99. The lowest BCUT2D eigenvalue weighted by molar-refractivity contribution is 0.0718. The Balaban J connectivity index is 1.96. The van der Waals surface area contributed by atoms with E-state index in [1.165, 1.54) is 0 Å². The molecule has 128 valence electrons. The summed E-state index contributed by atoms with van der Waals surface area (Å²) in [5, 5.41) is 9.78. The molecule has 6 heteroatoms. The van der Waals surface area contributed by atoms with Gasteiger partial charge in [0.2, 0.25) is 0 Å². The van der Waals surface area contributed by atoms with Crippen molar-refractivity contribution in [2.75, 3.05) is 24.7 Å². The number of ether oxygens (including phenoxy) is 1. The van der Waals surface area contributed by atoms with Crippen molar-refractivity contribution in [3.05, 3.63) is 36.3 Å². The molecule has 1 N–H and O–H groups in total. The average molecular weight is 328 g/mol. The molecule has 2 atom stereocenters. The second-order valence-electron chi connectivity index (χ2n) is 6.14. The molecule has 0 spiro atoms. The van der Waals surface area contributed by atoms with Crippen molar-refractivity contribution >= 4 is 5.82 Å². The Kier molecular flexibility index (Phi) is 5.37. The van der Waals surface area contributed by atoms with Gasteiger partial charge in [-0.25, -0.2) is 9.97 Å². The van der Waals surface area contributed by atoms with Crippen LogP contribution in [-0.4, -0.2) is 52.0 Å². The largest absolute Gasteiger partial charge is 0.393 e. The van der Waals surface area contributed by atoms with E-state index in [1.54, 1.807) is 12.4 Å². The topological polar surface area (TPSA) is 71.4 Å². The molecule has 0 aromatic carbocycles. The van der Waals surface area contributed by atoms with Crippen molar-refractivity contribution < 1.29 is 9.84 Å². The van der Waals surface area contributed by atoms with Crippen LogP contribution in [0.1, 0.15) is 26.0 Å². The van der Waals surface area contributed by atoms with Crippen LogP contribution < -0.4 is 4.90 Å². The maximum Gasteiger partial charge on any atom is 0.161 e. The maximum absolute atomic E-state index is 9.78. The van der Waals surface area contributed by atoms with Gasteiger partial charge in [0.25, 0.3) is 0 Å². The first-order chi connectivity index (χ1) is 11.7. The predicted molar refractivity (Wildman–Crippen MR) is 92.9 cm³/mol. The van der Waals surface area contributed by atoms with Gasteiger partial charge in [-0.05, 0) is 31.9 Å². The standard InChI is InChI=1S/C18H24N4O2/c1-3-15-11-17(21-18(20-15)14-4-6-19-7-5-14)22-8-9-24-12-16(22)10-13(2)23/h4-7,11,13,16,23H,3,8-10,12H2,1-2H3. The van der Waals surface area contributed by atoms with Crippen LogP contribution in [0.4, 0.5) is 5.82 Å². The number of aliphatic hydroxyl groups excluding tert-OH is 1. The summed E-state index contributed by atoms with van der Waals surface area (Å²) in [5.74, 6) is 1.62. The molecular weight excluding hydrogens is 304 g/mol. The third kappa shape index (κ3) is 3.88. The molecule has 3 heterocycles. The molecule has 0 bridgehead atoms. The number of rotatable bonds is 5. The summed E-state index contributed by atoms with van der Waals surface area (Å²) in [4.78, 5) is 15.7. The summed E-state index contributed by atoms with van der Waals surface area (Å²) < 4.78 is 5.60. The number of nitrogens with zero attached hydrogens (tertiary/aromatic N) is 4. The molecule has 1 aliphatic heterocycles. The zero-order valence-corrected chi connectivity index (χ0v) is 14.2. The fourth-order valence-corrected chi connectivity index (χ4v) is 2.99. The number of hydrogen-bond acceptors (Lipinski definition) is 6. The van der Waals surface area contributed by atoms with E-state index in [4.69, 9.17) is 9.72 Å². The van der Waals surface area contributed by atoms with Crippen LogP contribution in [0.15, 0.2) is 30.6 Å². The number of morpholine rings is 1. The monoisotopic (exact) mass is 328 g/mol. The molecule has 24 heavy (non-hydrogen) atoms. The second kappa shape index (κ2) is 7.68. The minimum atomic E-state index is -0.369. The van der Waals surface area contributed by atoms with E-state index in [-0.39, 0.29) is 12.1 Å². The Bertz CT molecular complexity index is 663. The van der Waals surface area contributed by atoms with Crippen molar-refractivity contribution in [2.24, 2.45) is 0 Å². The van der Waals surface area contributed by atoms with Gasteiger partial charge in [-0.1, -0.05) is 6.92 Å². The first-order valence-corrected chi connectivity index (χ1v) is 8.48. The minimum absolute atomic E-state index is 0.128. The molecule has 0 aliphatic carbocycles. The predicted octanol–water partition coefficient (Wildman–Crippen LogP) is 2.08. The van der Waals surface area contributed by atoms with Crippen LogP contribution in [0, 0.1) is 0 Å². The van der Waals surface area contributed by atoms with E-state index in [0.29, 0.717) is 25.5 Å². The highest BCUT2D eigenvalue weighted by atomic mass is 16.5. The van der Waals surface area contributed by atoms with Gasteiger partial charge in [-0.3, -0.25) is 4.98 Å². The molecule has 0 saturated carbocycles. The molecule has 1 aliphatic rings. The normalized spacial score (nSPS) is 19.3. The zero-order valence-electron chi connectivity index (χ0n) is 14.2. The quantitative estimate of drug-likeness (QED) is 0.906. The van der Waals surface area contributed by atoms with Crippen molar-refractivity contribution in [1.82, 2.24) is 15.0 Å². The number of aliphatic hydroxyl groups is 1. The first kappa shape index (κ1) is 16.8. The van der Waals surface area contributed by atoms with E-state index in [2.05, 4.69) is 21.8 Å². The van der Waals surface area contributed by atoms with Crippen molar-refractivity contribution in [3.8, 4) is 11.4 Å². The highest BCUT2D eigenvalue weighted by molar-refractivity contribution is 5.57. The van der Waals surface area contributed by atoms with Crippen LogP contribution in [0.25, 0.3) is 11.4 Å². The summed E-state index contributed by atoms with van der Waals surface area (Å²) in [6.07, 6.45) is 4.64. The summed E-state index contributed by atoms with van der Waals surface area (Å²) in [6, 6.07) is 6.02. The van der Waals surface area contributed by atoms with Gasteiger partial charge in [0.15, 0.2) is 5.82 Å². The molecule has 2 aromatic heterocycles. The maximum atomic E-state index is 9.78. The molecular formula is C18H24N4O2. The highest BCUT2D eigenvalue weighted by Gasteiger charge is 2.26. The summed E-state index contributed by atoms with van der Waals surface area (Å²) >= 11 is 0. The summed E-state index contributed by atoms with van der Waals surface area (Å²) in [5.41, 5.74) is 1.97. The van der Waals surface area contributed by atoms with Crippen LogP contribution >= 0.6 is 0 Å². The van der Waals surface area contributed by atoms with E-state index in [9.17, 15) is 5.11 Å². The Morgan fingerprint density at radius 2 is 2.12 bits per heavy atom. The van der Waals surface area contributed by atoms with Crippen LogP contribution in [0.3, 0.4) is 0 Å². The van der Waals surface area contributed by atoms with Gasteiger partial charge in [0.1, 0.15) is 5.82 Å². The van der Waals surface area contributed by atoms with Gasteiger partial charge in [-0.2, -0.15) is 0 Å². The molecule has 1 saturated heterocycles. The summed E-state index contributed by atoms with van der Waals surface area (Å²) in [6.45, 7) is 5.96. The van der Waals surface area contributed by atoms with Crippen molar-refractivity contribution in [3.63, 3.8) is 0 Å². The molecule has 1 fully saturated rings.